The summed E-state index contributed by atoms with van der Waals surface area (Å²) in [6.07, 6.45) is 0. The van der Waals surface area contributed by atoms with E-state index in [2.05, 4.69) is 144 Å². The van der Waals surface area contributed by atoms with Crippen LogP contribution in [0.3, 0.4) is 0 Å². The molecule has 0 aliphatic carbocycles. The van der Waals surface area contributed by atoms with Crippen LogP contribution in [0.5, 0.6) is 11.5 Å². The lowest BCUT2D eigenvalue weighted by molar-refractivity contribution is 0.487. The van der Waals surface area contributed by atoms with Crippen molar-refractivity contribution in [2.45, 2.75) is 0 Å². The van der Waals surface area contributed by atoms with Gasteiger partial charge in [-0.3, -0.25) is 0 Å². The highest BCUT2D eigenvalue weighted by atomic mass is 16.5. The van der Waals surface area contributed by atoms with E-state index in [1.807, 2.05) is 66.7 Å². The van der Waals surface area contributed by atoms with Gasteiger partial charge in [-0.1, -0.05) is 133 Å². The highest BCUT2D eigenvalue weighted by Crippen LogP contribution is 2.50. The van der Waals surface area contributed by atoms with Gasteiger partial charge in [0.1, 0.15) is 22.7 Å². The van der Waals surface area contributed by atoms with Crippen molar-refractivity contribution < 1.29 is 9.15 Å². The number of nitrogens with zero attached hydrogens (tertiary/aromatic N) is 4. The molecule has 1 aliphatic rings. The lowest BCUT2D eigenvalue weighted by Crippen LogP contribution is -2.10. The van der Waals surface area contributed by atoms with Crippen LogP contribution in [0.2, 0.25) is 0 Å². The quantitative estimate of drug-likeness (QED) is 0.160. The third-order valence-electron chi connectivity index (χ3n) is 11.5. The molecule has 1 aliphatic heterocycles. The summed E-state index contributed by atoms with van der Waals surface area (Å²) in [6, 6.07) is 70.9. The van der Waals surface area contributed by atoms with Crippen LogP contribution in [0, 0.1) is 0 Å². The van der Waals surface area contributed by atoms with Crippen LogP contribution >= 0.6 is 0 Å². The van der Waals surface area contributed by atoms with E-state index in [-0.39, 0.29) is 0 Å². The number of benzene rings is 9. The Kier molecular flexibility index (Phi) is 8.06. The van der Waals surface area contributed by atoms with E-state index >= 15 is 0 Å². The number of para-hydroxylation sites is 2. The van der Waals surface area contributed by atoms with Crippen molar-refractivity contribution in [1.82, 2.24) is 15.0 Å². The van der Waals surface area contributed by atoms with E-state index in [1.165, 1.54) is 0 Å². The van der Waals surface area contributed by atoms with Gasteiger partial charge in [0, 0.05) is 61.5 Å². The second kappa shape index (κ2) is 14.2. The zero-order valence-electron chi connectivity index (χ0n) is 32.7. The number of rotatable bonds is 7. The molecule has 61 heavy (non-hydrogen) atoms. The van der Waals surface area contributed by atoms with E-state index in [0.717, 1.165) is 100 Å². The molecule has 9 aromatic carbocycles. The fourth-order valence-corrected chi connectivity index (χ4v) is 8.64. The first-order valence-electron chi connectivity index (χ1n) is 20.3. The number of ether oxygens (including phenoxy) is 1. The second-order valence-electron chi connectivity index (χ2n) is 15.2. The van der Waals surface area contributed by atoms with Crippen molar-refractivity contribution in [3.63, 3.8) is 0 Å². The Morgan fingerprint density at radius 2 is 0.934 bits per heavy atom. The summed E-state index contributed by atoms with van der Waals surface area (Å²) in [5.74, 6) is 3.39. The Morgan fingerprint density at radius 3 is 1.77 bits per heavy atom. The first-order valence-corrected chi connectivity index (χ1v) is 20.3. The van der Waals surface area contributed by atoms with Gasteiger partial charge in [-0.15, -0.1) is 0 Å². The summed E-state index contributed by atoms with van der Waals surface area (Å²) in [5.41, 5.74) is 11.8. The smallest absolute Gasteiger partial charge is 0.164 e. The molecular formula is C55H34N4O2. The molecule has 3 heterocycles. The van der Waals surface area contributed by atoms with Crippen molar-refractivity contribution >= 4 is 49.8 Å². The van der Waals surface area contributed by atoms with Gasteiger partial charge in [0.2, 0.25) is 0 Å². The average molecular weight is 783 g/mol. The molecule has 0 saturated carbocycles. The standard InChI is InChI=1S/C55H34N4O2/c1-4-14-35(15-5-1)37-18-12-19-38(32-37)54-56-53(36-16-6-2-7-17-36)57-55(58-54)46-29-31-50-52-44(46)23-13-24-45(52)47-33-40(27-30-49(47)60-50)59(39-20-8-3-9-21-39)41-26-28-43-42-22-10-11-25-48(42)61-51(43)34-41/h1-34H. The number of aromatic nitrogens is 3. The second-order valence-corrected chi connectivity index (χ2v) is 15.2. The molecule has 2 aromatic heterocycles. The van der Waals surface area contributed by atoms with E-state index in [9.17, 15) is 0 Å². The summed E-state index contributed by atoms with van der Waals surface area (Å²) in [6.45, 7) is 0. The molecule has 286 valence electrons. The van der Waals surface area contributed by atoms with Crippen LogP contribution in [-0.2, 0) is 0 Å². The zero-order valence-corrected chi connectivity index (χ0v) is 32.7. The van der Waals surface area contributed by atoms with Gasteiger partial charge in [-0.2, -0.15) is 0 Å². The monoisotopic (exact) mass is 782 g/mol. The molecule has 0 spiro atoms. The van der Waals surface area contributed by atoms with Gasteiger partial charge in [0.25, 0.3) is 0 Å². The maximum atomic E-state index is 6.73. The first kappa shape index (κ1) is 34.7. The van der Waals surface area contributed by atoms with Crippen molar-refractivity contribution in [3.8, 4) is 67.9 Å². The topological polar surface area (TPSA) is 64.3 Å². The maximum absolute atomic E-state index is 6.73. The van der Waals surface area contributed by atoms with Crippen LogP contribution in [0.4, 0.5) is 17.1 Å². The minimum atomic E-state index is 0.591. The van der Waals surface area contributed by atoms with Gasteiger partial charge >= 0.3 is 0 Å². The van der Waals surface area contributed by atoms with Gasteiger partial charge < -0.3 is 14.1 Å². The predicted octanol–water partition coefficient (Wildman–Crippen LogP) is 14.8. The Morgan fingerprint density at radius 1 is 0.328 bits per heavy atom. The van der Waals surface area contributed by atoms with E-state index in [1.54, 1.807) is 0 Å². The molecule has 0 N–H and O–H groups in total. The number of hydrogen-bond donors (Lipinski definition) is 0. The highest BCUT2D eigenvalue weighted by molar-refractivity contribution is 6.10. The molecule has 0 bridgehead atoms. The third kappa shape index (κ3) is 6.00. The van der Waals surface area contributed by atoms with E-state index < -0.39 is 0 Å². The van der Waals surface area contributed by atoms with Crippen LogP contribution in [0.15, 0.2) is 211 Å². The SMILES string of the molecule is c1ccc(-c2cccc(-c3nc(-c4ccccc4)nc(-c4ccc5c6c(cccc46)-c4cc(N(c6ccccc6)c6ccc7c(c6)oc6ccccc67)ccc4O5)n3)c2)cc1. The van der Waals surface area contributed by atoms with Gasteiger partial charge in [-0.05, 0) is 88.8 Å². The molecule has 0 unspecified atom stereocenters. The fraction of sp³-hybridized carbons (Fsp3) is 0. The molecule has 0 radical (unpaired) electrons. The summed E-state index contributed by atoms with van der Waals surface area (Å²) in [7, 11) is 0. The molecule has 6 heteroatoms. The molecule has 0 fully saturated rings. The van der Waals surface area contributed by atoms with Crippen molar-refractivity contribution in [1.29, 1.82) is 0 Å². The van der Waals surface area contributed by atoms with Crippen molar-refractivity contribution in [3.05, 3.63) is 206 Å². The zero-order chi connectivity index (χ0) is 40.3. The fourth-order valence-electron chi connectivity index (χ4n) is 8.64. The van der Waals surface area contributed by atoms with Gasteiger partial charge in [-0.25, -0.2) is 15.0 Å². The molecule has 11 aromatic rings. The minimum absolute atomic E-state index is 0.591. The van der Waals surface area contributed by atoms with Crippen molar-refractivity contribution in [2.75, 3.05) is 4.90 Å². The Bertz CT molecular complexity index is 3460. The first-order chi connectivity index (χ1) is 30.2. The Labute approximate surface area is 351 Å². The average Bonchev–Trinajstić information content (AvgIpc) is 3.71. The lowest BCUT2D eigenvalue weighted by atomic mass is 9.92. The molecule has 0 atom stereocenters. The Balaban J connectivity index is 1.00. The number of hydrogen-bond acceptors (Lipinski definition) is 6. The van der Waals surface area contributed by atoms with Gasteiger partial charge in [0.05, 0.1) is 0 Å². The van der Waals surface area contributed by atoms with Crippen LogP contribution in [0.1, 0.15) is 0 Å². The summed E-state index contributed by atoms with van der Waals surface area (Å²) in [4.78, 5) is 17.7. The van der Waals surface area contributed by atoms with E-state index in [0.29, 0.717) is 17.5 Å². The van der Waals surface area contributed by atoms with Crippen LogP contribution < -0.4 is 9.64 Å². The minimum Gasteiger partial charge on any atom is -0.456 e. The van der Waals surface area contributed by atoms with Crippen LogP contribution in [-0.4, -0.2) is 15.0 Å². The molecule has 6 nitrogen and oxygen atoms in total. The number of anilines is 3. The lowest BCUT2D eigenvalue weighted by Gasteiger charge is -2.28. The summed E-state index contributed by atoms with van der Waals surface area (Å²) in [5, 5.41) is 4.20. The highest BCUT2D eigenvalue weighted by Gasteiger charge is 2.25. The number of fused-ring (bicyclic) bond motifs is 5. The van der Waals surface area contributed by atoms with E-state index in [4.69, 9.17) is 24.1 Å². The van der Waals surface area contributed by atoms with Gasteiger partial charge in [0.15, 0.2) is 17.5 Å². The summed E-state index contributed by atoms with van der Waals surface area (Å²) < 4.78 is 13.1. The largest absolute Gasteiger partial charge is 0.456 e. The Hall–Kier alpha value is -8.35. The molecular weight excluding hydrogens is 749 g/mol. The van der Waals surface area contributed by atoms with Crippen LogP contribution in [0.25, 0.3) is 89.1 Å². The maximum Gasteiger partial charge on any atom is 0.164 e. The molecule has 0 amide bonds. The normalized spacial score (nSPS) is 11.7. The summed E-state index contributed by atoms with van der Waals surface area (Å²) >= 11 is 0. The third-order valence-corrected chi connectivity index (χ3v) is 11.5. The molecule has 0 saturated heterocycles. The predicted molar refractivity (Wildman–Crippen MR) is 247 cm³/mol. The van der Waals surface area contributed by atoms with Crippen molar-refractivity contribution in [2.24, 2.45) is 0 Å². The number of furan rings is 1. The molecule has 12 rings (SSSR count).